The fraction of sp³-hybridized carbons (Fsp3) is 0.462. The van der Waals surface area contributed by atoms with Crippen LogP contribution in [0.5, 0.6) is 0 Å². The summed E-state index contributed by atoms with van der Waals surface area (Å²) in [4.78, 5) is 30.6. The Morgan fingerprint density at radius 1 is 1.00 bits per heavy atom. The van der Waals surface area contributed by atoms with E-state index < -0.39 is 17.7 Å². The van der Waals surface area contributed by atoms with E-state index >= 15 is 0 Å². The van der Waals surface area contributed by atoms with Gasteiger partial charge < -0.3 is 10.2 Å². The minimum absolute atomic E-state index is 0.0885. The van der Waals surface area contributed by atoms with Crippen molar-refractivity contribution in [1.29, 1.82) is 0 Å². The summed E-state index contributed by atoms with van der Waals surface area (Å²) in [6.45, 7) is 7.70. The molecule has 2 aromatic rings. The third-order valence-corrected chi connectivity index (χ3v) is 7.05. The second-order valence-electron chi connectivity index (χ2n) is 9.72. The number of benzene rings is 2. The molecule has 0 aromatic heterocycles. The van der Waals surface area contributed by atoms with Gasteiger partial charge in [0.1, 0.15) is 0 Å². The van der Waals surface area contributed by atoms with Gasteiger partial charge in [0.05, 0.1) is 11.2 Å². The van der Waals surface area contributed by atoms with E-state index in [1.807, 2.05) is 75.1 Å². The first-order valence-corrected chi connectivity index (χ1v) is 11.8. The molecule has 4 amide bonds. The summed E-state index contributed by atoms with van der Waals surface area (Å²) in [7, 11) is 0. The van der Waals surface area contributed by atoms with Crippen molar-refractivity contribution in [1.82, 2.24) is 9.96 Å². The normalized spacial score (nSPS) is 20.8. The summed E-state index contributed by atoms with van der Waals surface area (Å²) in [5.74, 6) is 0. The number of hydrogen-bond donors (Lipinski definition) is 2. The highest BCUT2D eigenvalue weighted by Gasteiger charge is 2.58. The molecule has 0 spiro atoms. The van der Waals surface area contributed by atoms with Crippen molar-refractivity contribution in [3.05, 3.63) is 59.7 Å². The third-order valence-electron chi connectivity index (χ3n) is 7.05. The SMILES string of the molecule is Cc1ccccc1NC(=O)N(O)C1N(c2ccccc2C)C(=O)N(C2CCCCC2)C1(C)C. The summed E-state index contributed by atoms with van der Waals surface area (Å²) in [5, 5.41) is 14.8. The highest BCUT2D eigenvalue weighted by molar-refractivity contribution is 5.99. The Kier molecular flexibility index (Phi) is 6.34. The maximum Gasteiger partial charge on any atom is 0.347 e. The van der Waals surface area contributed by atoms with Gasteiger partial charge in [0.2, 0.25) is 0 Å². The van der Waals surface area contributed by atoms with Crippen LogP contribution in [0, 0.1) is 13.8 Å². The van der Waals surface area contributed by atoms with Crippen molar-refractivity contribution in [2.75, 3.05) is 10.2 Å². The maximum atomic E-state index is 13.9. The number of aryl methyl sites for hydroxylation is 2. The van der Waals surface area contributed by atoms with Gasteiger partial charge in [-0.15, -0.1) is 0 Å². The molecule has 33 heavy (non-hydrogen) atoms. The molecule has 0 bridgehead atoms. The van der Waals surface area contributed by atoms with Gasteiger partial charge in [-0.1, -0.05) is 55.7 Å². The number of urea groups is 2. The lowest BCUT2D eigenvalue weighted by atomic mass is 9.90. The van der Waals surface area contributed by atoms with Crippen LogP contribution in [0.3, 0.4) is 0 Å². The molecule has 7 heteroatoms. The number of hydrogen-bond acceptors (Lipinski definition) is 3. The average Bonchev–Trinajstić information content (AvgIpc) is 3.00. The minimum Gasteiger partial charge on any atom is -0.312 e. The number of carbonyl (C=O) groups excluding carboxylic acids is 2. The number of anilines is 2. The number of nitrogens with one attached hydrogen (secondary N) is 1. The van der Waals surface area contributed by atoms with Gasteiger partial charge in [0, 0.05) is 11.7 Å². The van der Waals surface area contributed by atoms with Gasteiger partial charge in [-0.3, -0.25) is 10.1 Å². The Morgan fingerprint density at radius 2 is 1.61 bits per heavy atom. The molecule has 1 aliphatic carbocycles. The maximum absolute atomic E-state index is 13.9. The molecule has 4 rings (SSSR count). The van der Waals surface area contributed by atoms with Gasteiger partial charge in [-0.05, 0) is 63.8 Å². The Labute approximate surface area is 195 Å². The van der Waals surface area contributed by atoms with E-state index in [2.05, 4.69) is 5.32 Å². The zero-order chi connectivity index (χ0) is 23.8. The standard InChI is InChI=1S/C26H34N4O3/c1-18-12-8-10-16-21(18)27-24(31)30(33)23-26(3,4)29(20-14-6-5-7-15-20)25(32)28(23)22-17-11-9-13-19(22)2/h8-13,16-17,20,23,33H,5-7,14-15H2,1-4H3,(H,27,31). The highest BCUT2D eigenvalue weighted by Crippen LogP contribution is 2.42. The summed E-state index contributed by atoms with van der Waals surface area (Å²) >= 11 is 0. The summed E-state index contributed by atoms with van der Waals surface area (Å²) in [6.07, 6.45) is 4.31. The molecule has 1 saturated heterocycles. The monoisotopic (exact) mass is 450 g/mol. The number of rotatable bonds is 4. The first-order valence-electron chi connectivity index (χ1n) is 11.8. The summed E-state index contributed by atoms with van der Waals surface area (Å²) in [6, 6.07) is 14.3. The number of nitrogens with zero attached hydrogens (tertiary/aromatic N) is 3. The Bertz CT molecular complexity index is 1030. The molecule has 2 fully saturated rings. The van der Waals surface area contributed by atoms with Crippen LogP contribution in [0.25, 0.3) is 0 Å². The number of carbonyl (C=O) groups is 2. The smallest absolute Gasteiger partial charge is 0.312 e. The van der Waals surface area contributed by atoms with Gasteiger partial charge in [0.25, 0.3) is 0 Å². The summed E-state index contributed by atoms with van der Waals surface area (Å²) < 4.78 is 0. The summed E-state index contributed by atoms with van der Waals surface area (Å²) in [5.41, 5.74) is 2.31. The van der Waals surface area contributed by atoms with E-state index in [1.54, 1.807) is 11.0 Å². The van der Waals surface area contributed by atoms with Gasteiger partial charge >= 0.3 is 12.1 Å². The van der Waals surface area contributed by atoms with Gasteiger partial charge in [0.15, 0.2) is 6.17 Å². The van der Waals surface area contributed by atoms with Crippen LogP contribution in [-0.4, -0.2) is 45.0 Å². The molecule has 7 nitrogen and oxygen atoms in total. The molecular formula is C26H34N4O3. The molecule has 0 radical (unpaired) electrons. The molecule has 2 aliphatic rings. The van der Waals surface area contributed by atoms with Crippen molar-refractivity contribution in [2.45, 2.75) is 77.5 Å². The van der Waals surface area contributed by atoms with Crippen LogP contribution in [-0.2, 0) is 0 Å². The minimum atomic E-state index is -0.892. The molecule has 1 atom stereocenters. The molecule has 1 saturated carbocycles. The lowest BCUT2D eigenvalue weighted by molar-refractivity contribution is -0.0987. The number of para-hydroxylation sites is 2. The Hall–Kier alpha value is -3.06. The average molecular weight is 451 g/mol. The van der Waals surface area contributed by atoms with Crippen molar-refractivity contribution in [2.24, 2.45) is 0 Å². The van der Waals surface area contributed by atoms with E-state index in [1.165, 1.54) is 6.42 Å². The fourth-order valence-electron chi connectivity index (χ4n) is 5.35. The van der Waals surface area contributed by atoms with Gasteiger partial charge in [-0.25, -0.2) is 9.59 Å². The zero-order valence-corrected chi connectivity index (χ0v) is 19.9. The van der Waals surface area contributed by atoms with E-state index in [-0.39, 0.29) is 12.1 Å². The van der Waals surface area contributed by atoms with Crippen molar-refractivity contribution in [3.63, 3.8) is 0 Å². The molecule has 2 N–H and O–H groups in total. The molecule has 1 unspecified atom stereocenters. The van der Waals surface area contributed by atoms with Crippen molar-refractivity contribution < 1.29 is 14.8 Å². The van der Waals surface area contributed by atoms with Crippen LogP contribution >= 0.6 is 0 Å². The van der Waals surface area contributed by atoms with E-state index in [0.717, 1.165) is 36.8 Å². The van der Waals surface area contributed by atoms with Crippen LogP contribution in [0.4, 0.5) is 21.0 Å². The first kappa shape index (κ1) is 23.1. The quantitative estimate of drug-likeness (QED) is 0.449. The molecule has 1 heterocycles. The molecular weight excluding hydrogens is 416 g/mol. The second kappa shape index (κ2) is 9.06. The number of hydroxylamine groups is 2. The molecule has 2 aromatic carbocycles. The van der Waals surface area contributed by atoms with Crippen LogP contribution in [0.15, 0.2) is 48.5 Å². The fourth-order valence-corrected chi connectivity index (χ4v) is 5.35. The van der Waals surface area contributed by atoms with E-state index in [4.69, 9.17) is 0 Å². The zero-order valence-electron chi connectivity index (χ0n) is 19.9. The van der Waals surface area contributed by atoms with E-state index in [0.29, 0.717) is 16.4 Å². The van der Waals surface area contributed by atoms with Crippen LogP contribution < -0.4 is 10.2 Å². The Balaban J connectivity index is 1.73. The van der Waals surface area contributed by atoms with Crippen molar-refractivity contribution >= 4 is 23.4 Å². The lowest BCUT2D eigenvalue weighted by Gasteiger charge is -2.42. The van der Waals surface area contributed by atoms with Crippen LogP contribution in [0.2, 0.25) is 0 Å². The van der Waals surface area contributed by atoms with Gasteiger partial charge in [-0.2, -0.15) is 5.06 Å². The topological polar surface area (TPSA) is 76.1 Å². The predicted octanol–water partition coefficient (Wildman–Crippen LogP) is 5.91. The number of amides is 4. The highest BCUT2D eigenvalue weighted by atomic mass is 16.5. The van der Waals surface area contributed by atoms with Crippen LogP contribution in [0.1, 0.15) is 57.1 Å². The molecule has 176 valence electrons. The second-order valence-corrected chi connectivity index (χ2v) is 9.72. The first-order chi connectivity index (χ1) is 15.7. The predicted molar refractivity (Wildman–Crippen MR) is 129 cm³/mol. The lowest BCUT2D eigenvalue weighted by Crippen LogP contribution is -2.59. The third kappa shape index (κ3) is 4.17. The molecule has 1 aliphatic heterocycles. The van der Waals surface area contributed by atoms with Crippen molar-refractivity contribution in [3.8, 4) is 0 Å². The van der Waals surface area contributed by atoms with E-state index in [9.17, 15) is 14.8 Å². The largest absolute Gasteiger partial charge is 0.347 e. The Morgan fingerprint density at radius 3 is 2.24 bits per heavy atom.